The van der Waals surface area contributed by atoms with Gasteiger partial charge < -0.3 is 15.2 Å². The Kier molecular flexibility index (Phi) is 6.95. The zero-order chi connectivity index (χ0) is 23.4. The van der Waals surface area contributed by atoms with Gasteiger partial charge in [-0.1, -0.05) is 42.6 Å². The lowest BCUT2D eigenvalue weighted by atomic mass is 9.83. The Bertz CT molecular complexity index is 1210. The topological polar surface area (TPSA) is 99.8 Å². The van der Waals surface area contributed by atoms with Crippen molar-refractivity contribution in [2.24, 2.45) is 13.0 Å². The lowest BCUT2D eigenvalue weighted by molar-refractivity contribution is -0.127. The van der Waals surface area contributed by atoms with Gasteiger partial charge >= 0.3 is 0 Å². The number of halogens is 1. The van der Waals surface area contributed by atoms with E-state index in [9.17, 15) is 14.9 Å². The standard InChI is InChI=1S/C25H26ClN5O2/c1-31-21-9-5-2-6-17(21)14-22(31)25(33)30-20-8-4-3-7-19(20)24(32)29-18(15-27)12-16-10-11-28-23(26)13-16/h2,5-6,9-11,13-14,18-20H,3-4,7-8,12H2,1H3,(H,29,32)(H,30,33). The summed E-state index contributed by atoms with van der Waals surface area (Å²) < 4.78 is 1.87. The van der Waals surface area contributed by atoms with Crippen molar-refractivity contribution in [1.82, 2.24) is 20.2 Å². The summed E-state index contributed by atoms with van der Waals surface area (Å²) in [6, 6.07) is 14.3. The van der Waals surface area contributed by atoms with Crippen LogP contribution >= 0.6 is 11.6 Å². The number of amides is 2. The van der Waals surface area contributed by atoms with Crippen LogP contribution in [0.1, 0.15) is 41.7 Å². The van der Waals surface area contributed by atoms with Gasteiger partial charge in [-0.2, -0.15) is 5.26 Å². The first kappa shape index (κ1) is 22.8. The summed E-state index contributed by atoms with van der Waals surface area (Å²) in [7, 11) is 1.87. The van der Waals surface area contributed by atoms with Gasteiger partial charge in [0.1, 0.15) is 16.9 Å². The minimum Gasteiger partial charge on any atom is -0.347 e. The van der Waals surface area contributed by atoms with E-state index in [-0.39, 0.29) is 23.8 Å². The first-order valence-electron chi connectivity index (χ1n) is 11.1. The summed E-state index contributed by atoms with van der Waals surface area (Å²) in [5.41, 5.74) is 2.37. The number of nitrogens with zero attached hydrogens (tertiary/aromatic N) is 3. The van der Waals surface area contributed by atoms with Gasteiger partial charge in [-0.3, -0.25) is 9.59 Å². The first-order valence-corrected chi connectivity index (χ1v) is 11.5. The molecule has 0 saturated heterocycles. The fourth-order valence-electron chi connectivity index (χ4n) is 4.58. The number of aryl methyl sites for hydroxylation is 1. The third-order valence-electron chi connectivity index (χ3n) is 6.31. The highest BCUT2D eigenvalue weighted by molar-refractivity contribution is 6.29. The lowest BCUT2D eigenvalue weighted by Crippen LogP contribution is -2.50. The van der Waals surface area contributed by atoms with Crippen LogP contribution in [0.5, 0.6) is 0 Å². The van der Waals surface area contributed by atoms with Crippen LogP contribution in [0.15, 0.2) is 48.7 Å². The average molecular weight is 464 g/mol. The van der Waals surface area contributed by atoms with Crippen LogP contribution in [-0.4, -0.2) is 33.4 Å². The van der Waals surface area contributed by atoms with Crippen molar-refractivity contribution in [2.75, 3.05) is 0 Å². The molecular weight excluding hydrogens is 438 g/mol. The number of carbonyl (C=O) groups is 2. The lowest BCUT2D eigenvalue weighted by Gasteiger charge is -2.31. The molecule has 8 heteroatoms. The minimum absolute atomic E-state index is 0.193. The number of carbonyl (C=O) groups excluding carboxylic acids is 2. The van der Waals surface area contributed by atoms with Gasteiger partial charge in [0.05, 0.1) is 12.0 Å². The molecule has 33 heavy (non-hydrogen) atoms. The molecule has 2 N–H and O–H groups in total. The Morgan fingerprint density at radius 3 is 2.79 bits per heavy atom. The molecule has 3 atom stereocenters. The van der Waals surface area contributed by atoms with Crippen molar-refractivity contribution in [3.63, 3.8) is 0 Å². The highest BCUT2D eigenvalue weighted by Crippen LogP contribution is 2.26. The van der Waals surface area contributed by atoms with E-state index in [0.29, 0.717) is 23.7 Å². The molecule has 0 aliphatic heterocycles. The van der Waals surface area contributed by atoms with Crippen molar-refractivity contribution in [3.05, 3.63) is 65.1 Å². The Balaban J connectivity index is 1.44. The van der Waals surface area contributed by atoms with Gasteiger partial charge in [-0.25, -0.2) is 4.98 Å². The molecule has 3 unspecified atom stereocenters. The molecule has 7 nitrogen and oxygen atoms in total. The van der Waals surface area contributed by atoms with E-state index in [1.807, 2.05) is 41.9 Å². The molecule has 4 rings (SSSR count). The van der Waals surface area contributed by atoms with Crippen molar-refractivity contribution in [3.8, 4) is 6.07 Å². The summed E-state index contributed by atoms with van der Waals surface area (Å²) in [5.74, 6) is -0.778. The highest BCUT2D eigenvalue weighted by atomic mass is 35.5. The van der Waals surface area contributed by atoms with Crippen molar-refractivity contribution in [2.45, 2.75) is 44.2 Å². The number of aromatic nitrogens is 2. The molecular formula is C25H26ClN5O2. The van der Waals surface area contributed by atoms with E-state index in [4.69, 9.17) is 11.6 Å². The summed E-state index contributed by atoms with van der Waals surface area (Å²) in [5, 5.41) is 16.9. The predicted molar refractivity (Wildman–Crippen MR) is 127 cm³/mol. The molecule has 1 aliphatic carbocycles. The van der Waals surface area contributed by atoms with Gasteiger partial charge in [0.2, 0.25) is 5.91 Å². The number of hydrogen-bond acceptors (Lipinski definition) is 4. The van der Waals surface area contributed by atoms with Crippen molar-refractivity contribution >= 4 is 34.3 Å². The Labute approximate surface area is 197 Å². The maximum atomic E-state index is 13.1. The molecule has 0 bridgehead atoms. The van der Waals surface area contributed by atoms with E-state index >= 15 is 0 Å². The number of nitriles is 1. The molecule has 0 radical (unpaired) electrons. The average Bonchev–Trinajstić information content (AvgIpc) is 3.15. The quantitative estimate of drug-likeness (QED) is 0.543. The summed E-state index contributed by atoms with van der Waals surface area (Å²) >= 11 is 5.93. The van der Waals surface area contributed by atoms with E-state index < -0.39 is 6.04 Å². The molecule has 170 valence electrons. The predicted octanol–water partition coefficient (Wildman–Crippen LogP) is 3.77. The number of pyridine rings is 1. The minimum atomic E-state index is -0.688. The van der Waals surface area contributed by atoms with Gasteiger partial charge in [0.25, 0.3) is 5.91 Å². The van der Waals surface area contributed by atoms with Gasteiger partial charge in [-0.15, -0.1) is 0 Å². The van der Waals surface area contributed by atoms with Crippen LogP contribution < -0.4 is 10.6 Å². The summed E-state index contributed by atoms with van der Waals surface area (Å²) in [6.07, 6.45) is 5.17. The van der Waals surface area contributed by atoms with Crippen molar-refractivity contribution in [1.29, 1.82) is 5.26 Å². The largest absolute Gasteiger partial charge is 0.347 e. The van der Waals surface area contributed by atoms with Crippen LogP contribution in [-0.2, 0) is 18.3 Å². The zero-order valence-electron chi connectivity index (χ0n) is 18.4. The fraction of sp³-hybridized carbons (Fsp3) is 0.360. The second kappa shape index (κ2) is 10.1. The molecule has 2 heterocycles. The van der Waals surface area contributed by atoms with Crippen LogP contribution in [0.25, 0.3) is 10.9 Å². The van der Waals surface area contributed by atoms with E-state index in [0.717, 1.165) is 35.7 Å². The summed E-state index contributed by atoms with van der Waals surface area (Å²) in [6.45, 7) is 0. The molecule has 1 aromatic carbocycles. The SMILES string of the molecule is Cn1c(C(=O)NC2CCCCC2C(=O)NC(C#N)Cc2ccnc(Cl)c2)cc2ccccc21. The molecule has 2 amide bonds. The van der Waals surface area contributed by atoms with Crippen LogP contribution in [0.3, 0.4) is 0 Å². The third-order valence-corrected chi connectivity index (χ3v) is 6.51. The Morgan fingerprint density at radius 2 is 2.03 bits per heavy atom. The van der Waals surface area contributed by atoms with Crippen LogP contribution in [0.2, 0.25) is 5.15 Å². The normalized spacial score (nSPS) is 18.9. The second-order valence-corrected chi connectivity index (χ2v) is 8.89. The molecule has 1 saturated carbocycles. The molecule has 2 aromatic heterocycles. The second-order valence-electron chi connectivity index (χ2n) is 8.50. The smallest absolute Gasteiger partial charge is 0.268 e. The van der Waals surface area contributed by atoms with Gasteiger partial charge in [0.15, 0.2) is 0 Å². The maximum Gasteiger partial charge on any atom is 0.268 e. The highest BCUT2D eigenvalue weighted by Gasteiger charge is 2.33. The van der Waals surface area contributed by atoms with Gasteiger partial charge in [0, 0.05) is 36.6 Å². The monoisotopic (exact) mass is 463 g/mol. The van der Waals surface area contributed by atoms with E-state index in [1.165, 1.54) is 0 Å². The van der Waals surface area contributed by atoms with Crippen molar-refractivity contribution < 1.29 is 9.59 Å². The third kappa shape index (κ3) is 5.18. The molecule has 1 aliphatic rings. The number of para-hydroxylation sites is 1. The molecule has 1 fully saturated rings. The van der Waals surface area contributed by atoms with Gasteiger partial charge in [-0.05, 0) is 42.7 Å². The van der Waals surface area contributed by atoms with E-state index in [1.54, 1.807) is 18.3 Å². The van der Waals surface area contributed by atoms with Crippen LogP contribution in [0.4, 0.5) is 0 Å². The van der Waals surface area contributed by atoms with E-state index in [2.05, 4.69) is 21.7 Å². The number of hydrogen-bond donors (Lipinski definition) is 2. The Morgan fingerprint density at radius 1 is 1.24 bits per heavy atom. The fourth-order valence-corrected chi connectivity index (χ4v) is 4.78. The summed E-state index contributed by atoms with van der Waals surface area (Å²) in [4.78, 5) is 30.1. The Hall–Kier alpha value is -3.37. The van der Waals surface area contributed by atoms with Crippen LogP contribution in [0, 0.1) is 17.2 Å². The molecule has 3 aromatic rings. The maximum absolute atomic E-state index is 13.1. The number of rotatable bonds is 6. The number of nitrogens with one attached hydrogen (secondary N) is 2. The zero-order valence-corrected chi connectivity index (χ0v) is 19.2. The number of benzene rings is 1. The molecule has 0 spiro atoms. The number of fused-ring (bicyclic) bond motifs is 1. The first-order chi connectivity index (χ1) is 16.0.